The van der Waals surface area contributed by atoms with Crippen LogP contribution in [0.3, 0.4) is 0 Å². The molecule has 0 aliphatic heterocycles. The second-order valence-corrected chi connectivity index (χ2v) is 0.315. The Hall–Kier alpha value is 1.04. The van der Waals surface area contributed by atoms with Gasteiger partial charge in [0.1, 0.15) is 0 Å². The topological polar surface area (TPSA) is 41.5 Å². The van der Waals surface area contributed by atoms with Crippen molar-refractivity contribution in [3.63, 3.8) is 0 Å². The van der Waals surface area contributed by atoms with Crippen molar-refractivity contribution in [3.8, 4) is 0 Å². The zero-order valence-electron chi connectivity index (χ0n) is 3.36. The van der Waals surface area contributed by atoms with Crippen LogP contribution in [0, 0.1) is 4.91 Å². The number of nitrogens with zero attached hydrogens (tertiary/aromatic N) is 1. The van der Waals surface area contributed by atoms with E-state index in [4.69, 9.17) is 4.91 Å². The van der Waals surface area contributed by atoms with Crippen LogP contribution in [0.1, 0.15) is 0 Å². The SMILES string of the molecule is CNN=O.[K+]. The van der Waals surface area contributed by atoms with Gasteiger partial charge in [0.2, 0.25) is 0 Å². The van der Waals surface area contributed by atoms with E-state index in [1.165, 1.54) is 7.05 Å². The fourth-order valence-electron chi connectivity index (χ4n) is 0. The van der Waals surface area contributed by atoms with E-state index < -0.39 is 0 Å². The molecule has 3 nitrogen and oxygen atoms in total. The van der Waals surface area contributed by atoms with Gasteiger partial charge in [-0.2, -0.15) is 0 Å². The molecular weight excluding hydrogens is 95.1 g/mol. The molecule has 0 aromatic carbocycles. The molecule has 0 aromatic heterocycles. The third kappa shape index (κ3) is 11.2. The average molecular weight is 99.2 g/mol. The molecule has 4 heteroatoms. The van der Waals surface area contributed by atoms with Gasteiger partial charge in [-0.1, -0.05) is 0 Å². The molecule has 0 atom stereocenters. The zero-order valence-corrected chi connectivity index (χ0v) is 6.48. The summed E-state index contributed by atoms with van der Waals surface area (Å²) in [5.41, 5.74) is 2.00. The van der Waals surface area contributed by atoms with Gasteiger partial charge in [0.15, 0.2) is 0 Å². The predicted octanol–water partition coefficient (Wildman–Crippen LogP) is -3.11. The van der Waals surface area contributed by atoms with Crippen molar-refractivity contribution in [2.75, 3.05) is 7.05 Å². The summed E-state index contributed by atoms with van der Waals surface area (Å²) in [4.78, 5) is 8.81. The van der Waals surface area contributed by atoms with Crippen molar-refractivity contribution in [1.29, 1.82) is 0 Å². The van der Waals surface area contributed by atoms with E-state index in [9.17, 15) is 0 Å². The monoisotopic (exact) mass is 99.0 g/mol. The van der Waals surface area contributed by atoms with Crippen LogP contribution in [0.2, 0.25) is 0 Å². The number of nitrogens with one attached hydrogen (secondary N) is 1. The third-order valence-electron chi connectivity index (χ3n) is 0.0913. The third-order valence-corrected chi connectivity index (χ3v) is 0.0913. The summed E-state index contributed by atoms with van der Waals surface area (Å²) in [6.07, 6.45) is 0. The largest absolute Gasteiger partial charge is 1.00 e. The smallest absolute Gasteiger partial charge is 0.277 e. The Morgan fingerprint density at radius 1 is 1.80 bits per heavy atom. The Morgan fingerprint density at radius 2 is 2.00 bits per heavy atom. The maximum absolute atomic E-state index is 8.81. The first-order valence-corrected chi connectivity index (χ1v) is 0.906. The Kier molecular flexibility index (Phi) is 16.7. The van der Waals surface area contributed by atoms with Gasteiger partial charge in [-0.25, -0.2) is 0 Å². The molecule has 0 aromatic rings. The molecule has 0 saturated heterocycles. The number of hydrogen-bond acceptors (Lipinski definition) is 2. The second kappa shape index (κ2) is 8.90. The molecule has 0 aliphatic rings. The van der Waals surface area contributed by atoms with Gasteiger partial charge >= 0.3 is 51.4 Å². The van der Waals surface area contributed by atoms with E-state index in [0.717, 1.165) is 0 Å². The average Bonchev–Trinajstić information content (AvgIpc) is 1.37. The molecule has 0 unspecified atom stereocenters. The first kappa shape index (κ1) is 9.40. The van der Waals surface area contributed by atoms with Crippen LogP contribution in [-0.4, -0.2) is 7.05 Å². The fourth-order valence-corrected chi connectivity index (χ4v) is 0. The molecule has 24 valence electrons. The first-order valence-electron chi connectivity index (χ1n) is 0.906. The van der Waals surface area contributed by atoms with E-state index in [1.54, 1.807) is 0 Å². The zero-order chi connectivity index (χ0) is 3.41. The van der Waals surface area contributed by atoms with Gasteiger partial charge in [0, 0.05) is 12.3 Å². The molecule has 0 amide bonds. The molecule has 0 rings (SSSR count). The predicted molar refractivity (Wildman–Crippen MR) is 14.9 cm³/mol. The minimum absolute atomic E-state index is 0. The molecule has 0 aliphatic carbocycles. The molecule has 0 fully saturated rings. The molecule has 1 N–H and O–H groups in total. The van der Waals surface area contributed by atoms with Crippen molar-refractivity contribution in [2.45, 2.75) is 0 Å². The van der Waals surface area contributed by atoms with Crippen LogP contribution in [0.25, 0.3) is 0 Å². The quantitative estimate of drug-likeness (QED) is 0.215. The molecular formula is CH4KN2O+. The van der Waals surface area contributed by atoms with Crippen molar-refractivity contribution >= 4 is 0 Å². The summed E-state index contributed by atoms with van der Waals surface area (Å²) in [5, 5.41) is 2.24. The minimum Gasteiger partial charge on any atom is -0.277 e. The molecule has 5 heavy (non-hydrogen) atoms. The standard InChI is InChI=1S/CH4N2O.K/c1-2-3-4;/h1H3,(H,2,4);/q;+1. The second-order valence-electron chi connectivity index (χ2n) is 0.315. The van der Waals surface area contributed by atoms with E-state index in [2.05, 4.69) is 5.29 Å². The first-order chi connectivity index (χ1) is 1.91. The van der Waals surface area contributed by atoms with Crippen molar-refractivity contribution < 1.29 is 51.4 Å². The van der Waals surface area contributed by atoms with Crippen LogP contribution in [0.5, 0.6) is 0 Å². The van der Waals surface area contributed by atoms with Crippen LogP contribution < -0.4 is 56.8 Å². The molecule has 0 heterocycles. The summed E-state index contributed by atoms with van der Waals surface area (Å²) in [7, 11) is 1.45. The summed E-state index contributed by atoms with van der Waals surface area (Å²) < 4.78 is 0. The van der Waals surface area contributed by atoms with Gasteiger partial charge in [-0.15, -0.1) is 4.91 Å². The minimum atomic E-state index is 0. The van der Waals surface area contributed by atoms with Gasteiger partial charge in [-0.3, -0.25) is 5.43 Å². The number of nitroso groups, excluding NO2 is 1. The molecule has 0 spiro atoms. The molecule has 0 radical (unpaired) electrons. The van der Waals surface area contributed by atoms with Crippen molar-refractivity contribution in [1.82, 2.24) is 5.43 Å². The summed E-state index contributed by atoms with van der Waals surface area (Å²) in [5.74, 6) is 0. The van der Waals surface area contributed by atoms with E-state index in [0.29, 0.717) is 0 Å². The maximum Gasteiger partial charge on any atom is 1.00 e. The Labute approximate surface area is 72.9 Å². The van der Waals surface area contributed by atoms with Gasteiger partial charge in [-0.05, 0) is 0 Å². The fraction of sp³-hybridized carbons (Fsp3) is 1.00. The van der Waals surface area contributed by atoms with Gasteiger partial charge < -0.3 is 0 Å². The Balaban J connectivity index is 0. The maximum atomic E-state index is 8.81. The van der Waals surface area contributed by atoms with Gasteiger partial charge in [0.25, 0.3) is 0 Å². The summed E-state index contributed by atoms with van der Waals surface area (Å²) in [6, 6.07) is 0. The van der Waals surface area contributed by atoms with Crippen molar-refractivity contribution in [3.05, 3.63) is 4.91 Å². The number of rotatable bonds is 1. The van der Waals surface area contributed by atoms with E-state index in [-0.39, 0.29) is 51.4 Å². The summed E-state index contributed by atoms with van der Waals surface area (Å²) >= 11 is 0. The normalized spacial score (nSPS) is 4.20. The summed E-state index contributed by atoms with van der Waals surface area (Å²) in [6.45, 7) is 0. The van der Waals surface area contributed by atoms with Crippen LogP contribution >= 0.6 is 0 Å². The van der Waals surface area contributed by atoms with E-state index >= 15 is 0 Å². The van der Waals surface area contributed by atoms with Crippen LogP contribution in [0.15, 0.2) is 5.29 Å². The Morgan fingerprint density at radius 3 is 2.00 bits per heavy atom. The molecule has 0 saturated carbocycles. The van der Waals surface area contributed by atoms with Crippen LogP contribution in [0.4, 0.5) is 0 Å². The van der Waals surface area contributed by atoms with Crippen molar-refractivity contribution in [2.24, 2.45) is 5.29 Å². The van der Waals surface area contributed by atoms with Gasteiger partial charge in [0.05, 0.1) is 0 Å². The number of hydrogen-bond donors (Lipinski definition) is 1. The molecule has 0 bridgehead atoms. The van der Waals surface area contributed by atoms with E-state index in [1.807, 2.05) is 5.43 Å². The Bertz CT molecular complexity index is 23.6. The van der Waals surface area contributed by atoms with Crippen LogP contribution in [-0.2, 0) is 0 Å².